The van der Waals surface area contributed by atoms with Crippen LogP contribution in [0, 0.1) is 5.82 Å². The van der Waals surface area contributed by atoms with Gasteiger partial charge in [-0.1, -0.05) is 23.7 Å². The second-order valence-electron chi connectivity index (χ2n) is 6.10. The molecule has 4 rings (SSSR count). The Bertz CT molecular complexity index is 1110. The minimum Gasteiger partial charge on any atom is -0.492 e. The monoisotopic (exact) mass is 394 g/mol. The van der Waals surface area contributed by atoms with Gasteiger partial charge in [-0.05, 0) is 31.2 Å². The fourth-order valence-electron chi connectivity index (χ4n) is 3.31. The van der Waals surface area contributed by atoms with Crippen molar-refractivity contribution in [1.29, 1.82) is 0 Å². The molecule has 1 aliphatic rings. The smallest absolute Gasteiger partial charge is 0.271 e. The van der Waals surface area contributed by atoms with E-state index in [1.54, 1.807) is 12.1 Å². The van der Waals surface area contributed by atoms with E-state index in [1.165, 1.54) is 24.4 Å². The van der Waals surface area contributed by atoms with E-state index in [-0.39, 0.29) is 11.1 Å². The van der Waals surface area contributed by atoms with E-state index < -0.39 is 20.7 Å². The minimum absolute atomic E-state index is 0.0688. The molecule has 26 heavy (non-hydrogen) atoms. The van der Waals surface area contributed by atoms with Gasteiger partial charge in [0.1, 0.15) is 23.1 Å². The molecule has 0 saturated carbocycles. The molecule has 0 bridgehead atoms. The number of benzene rings is 2. The molecule has 136 valence electrons. The van der Waals surface area contributed by atoms with Crippen LogP contribution in [0.15, 0.2) is 47.5 Å². The number of rotatable bonds is 2. The van der Waals surface area contributed by atoms with Gasteiger partial charge < -0.3 is 10.1 Å². The van der Waals surface area contributed by atoms with E-state index in [9.17, 15) is 12.8 Å². The van der Waals surface area contributed by atoms with Crippen LogP contribution in [0.3, 0.4) is 0 Å². The van der Waals surface area contributed by atoms with Crippen LogP contribution in [0.2, 0.25) is 5.02 Å². The Morgan fingerprint density at radius 3 is 2.81 bits per heavy atom. The highest BCUT2D eigenvalue weighted by Crippen LogP contribution is 2.40. The molecule has 2 aromatic carbocycles. The normalized spacial score (nSPS) is 17.6. The molecule has 1 aromatic heterocycles. The average Bonchev–Trinajstić information content (AvgIpc) is 2.84. The number of fused-ring (bicyclic) bond motifs is 3. The lowest BCUT2D eigenvalue weighted by molar-refractivity contribution is 0.325. The summed E-state index contributed by atoms with van der Waals surface area (Å²) in [6, 6.07) is 8.57. The van der Waals surface area contributed by atoms with Crippen molar-refractivity contribution >= 4 is 32.5 Å². The fourth-order valence-corrected chi connectivity index (χ4v) is 5.10. The zero-order chi connectivity index (χ0) is 18.5. The summed E-state index contributed by atoms with van der Waals surface area (Å²) >= 11 is 6.40. The largest absolute Gasteiger partial charge is 0.492 e. The van der Waals surface area contributed by atoms with Crippen molar-refractivity contribution in [2.75, 3.05) is 13.2 Å². The van der Waals surface area contributed by atoms with Crippen LogP contribution in [-0.2, 0) is 10.0 Å². The number of halogens is 2. The van der Waals surface area contributed by atoms with Gasteiger partial charge in [0, 0.05) is 29.7 Å². The topological polar surface area (TPSA) is 60.3 Å². The predicted octanol–water partition coefficient (Wildman–Crippen LogP) is 3.71. The second-order valence-corrected chi connectivity index (χ2v) is 8.29. The molecule has 1 aliphatic heterocycles. The van der Waals surface area contributed by atoms with Crippen LogP contribution in [0.25, 0.3) is 10.9 Å². The number of nitrogens with one attached hydrogen (secondary N) is 1. The first-order chi connectivity index (χ1) is 12.4. The molecule has 0 aliphatic carbocycles. The van der Waals surface area contributed by atoms with Crippen molar-refractivity contribution in [3.8, 4) is 5.75 Å². The first-order valence-corrected chi connectivity index (χ1v) is 9.93. The quantitative estimate of drug-likeness (QED) is 0.719. The van der Waals surface area contributed by atoms with Crippen LogP contribution in [0.1, 0.15) is 18.5 Å². The summed E-state index contributed by atoms with van der Waals surface area (Å²) in [5.41, 5.74) is 1.18. The zero-order valence-corrected chi connectivity index (χ0v) is 15.4. The van der Waals surface area contributed by atoms with E-state index in [0.29, 0.717) is 29.8 Å². The third kappa shape index (κ3) is 2.58. The molecule has 0 fully saturated rings. The van der Waals surface area contributed by atoms with Gasteiger partial charge >= 0.3 is 0 Å². The molecule has 3 aromatic rings. The van der Waals surface area contributed by atoms with Gasteiger partial charge in [0.25, 0.3) is 10.0 Å². The molecule has 0 saturated heterocycles. The second kappa shape index (κ2) is 6.26. The highest BCUT2D eigenvalue weighted by atomic mass is 35.5. The number of nitrogens with zero attached hydrogens (tertiary/aromatic N) is 1. The van der Waals surface area contributed by atoms with Crippen LogP contribution in [0.5, 0.6) is 5.75 Å². The third-order valence-corrected chi connectivity index (χ3v) is 6.50. The summed E-state index contributed by atoms with van der Waals surface area (Å²) in [7, 11) is -4.13. The predicted molar refractivity (Wildman–Crippen MR) is 97.8 cm³/mol. The summed E-state index contributed by atoms with van der Waals surface area (Å²) < 4.78 is 46.9. The maximum atomic E-state index is 14.1. The Hall–Kier alpha value is -2.09. The maximum Gasteiger partial charge on any atom is 0.271 e. The SMILES string of the molecule is CC1NCCOc2ccc3c(c(Cl)cn3S(=O)(=O)c3ccccc3F)c21. The first-order valence-electron chi connectivity index (χ1n) is 8.11. The molecule has 0 radical (unpaired) electrons. The minimum atomic E-state index is -4.13. The first kappa shape index (κ1) is 17.3. The molecule has 0 spiro atoms. The highest BCUT2D eigenvalue weighted by Gasteiger charge is 2.28. The Balaban J connectivity index is 2.01. The van der Waals surface area contributed by atoms with Gasteiger partial charge in [0.2, 0.25) is 0 Å². The van der Waals surface area contributed by atoms with Gasteiger partial charge in [-0.15, -0.1) is 0 Å². The van der Waals surface area contributed by atoms with Gasteiger partial charge in [-0.2, -0.15) is 0 Å². The Morgan fingerprint density at radius 2 is 2.04 bits per heavy atom. The van der Waals surface area contributed by atoms with Gasteiger partial charge in [-0.3, -0.25) is 0 Å². The number of ether oxygens (including phenoxy) is 1. The lowest BCUT2D eigenvalue weighted by Crippen LogP contribution is -2.20. The lowest BCUT2D eigenvalue weighted by Gasteiger charge is -2.15. The molecule has 2 heterocycles. The van der Waals surface area contributed by atoms with E-state index >= 15 is 0 Å². The van der Waals surface area contributed by atoms with Crippen LogP contribution >= 0.6 is 11.6 Å². The summed E-state index contributed by atoms with van der Waals surface area (Å²) in [5.74, 6) is -0.142. The molecule has 5 nitrogen and oxygen atoms in total. The van der Waals surface area contributed by atoms with Crippen molar-refractivity contribution in [3.63, 3.8) is 0 Å². The molecule has 0 amide bonds. The van der Waals surface area contributed by atoms with Crippen molar-refractivity contribution in [1.82, 2.24) is 9.29 Å². The molecule has 1 atom stereocenters. The summed E-state index contributed by atoms with van der Waals surface area (Å²) in [6.45, 7) is 3.14. The average molecular weight is 395 g/mol. The van der Waals surface area contributed by atoms with Crippen LogP contribution in [-0.4, -0.2) is 25.5 Å². The van der Waals surface area contributed by atoms with Crippen LogP contribution in [0.4, 0.5) is 4.39 Å². The van der Waals surface area contributed by atoms with Gasteiger partial charge in [0.05, 0.1) is 10.5 Å². The molecule has 1 unspecified atom stereocenters. The Morgan fingerprint density at radius 1 is 1.27 bits per heavy atom. The van der Waals surface area contributed by atoms with E-state index in [0.717, 1.165) is 15.6 Å². The van der Waals surface area contributed by atoms with Crippen molar-refractivity contribution in [3.05, 3.63) is 59.0 Å². The fraction of sp³-hybridized carbons (Fsp3) is 0.222. The standard InChI is InChI=1S/C18H16ClFN2O3S/c1-11-17-15(25-9-8-21-11)7-6-14-18(17)12(19)10-22(14)26(23,24)16-5-3-2-4-13(16)20/h2-7,10-11,21H,8-9H2,1H3. The third-order valence-electron chi connectivity index (χ3n) is 4.51. The molecular weight excluding hydrogens is 379 g/mol. The Kier molecular flexibility index (Phi) is 4.17. The molecule has 1 N–H and O–H groups in total. The van der Waals surface area contributed by atoms with Gasteiger partial charge in [0.15, 0.2) is 0 Å². The maximum absolute atomic E-state index is 14.1. The highest BCUT2D eigenvalue weighted by molar-refractivity contribution is 7.90. The molecular formula is C18H16ClFN2O3S. The van der Waals surface area contributed by atoms with Crippen molar-refractivity contribution in [2.24, 2.45) is 0 Å². The van der Waals surface area contributed by atoms with E-state index in [2.05, 4.69) is 5.32 Å². The zero-order valence-electron chi connectivity index (χ0n) is 13.9. The van der Waals surface area contributed by atoms with Gasteiger partial charge in [-0.25, -0.2) is 16.8 Å². The number of hydrogen-bond donors (Lipinski definition) is 1. The van der Waals surface area contributed by atoms with E-state index in [1.807, 2.05) is 6.92 Å². The van der Waals surface area contributed by atoms with E-state index in [4.69, 9.17) is 16.3 Å². The Labute approximate surface area is 155 Å². The summed E-state index contributed by atoms with van der Waals surface area (Å²) in [5, 5.41) is 4.17. The molecule has 8 heteroatoms. The number of hydrogen-bond acceptors (Lipinski definition) is 4. The summed E-state index contributed by atoms with van der Waals surface area (Å²) in [4.78, 5) is -0.397. The van der Waals surface area contributed by atoms with Crippen LogP contribution < -0.4 is 10.1 Å². The van der Waals surface area contributed by atoms with Crippen molar-refractivity contribution in [2.45, 2.75) is 17.9 Å². The number of aromatic nitrogens is 1. The summed E-state index contributed by atoms with van der Waals surface area (Å²) in [6.07, 6.45) is 1.31. The lowest BCUT2D eigenvalue weighted by atomic mass is 10.0. The van der Waals surface area contributed by atoms with Crippen molar-refractivity contribution < 1.29 is 17.5 Å².